The Bertz CT molecular complexity index is 799. The molecule has 1 aliphatic carbocycles. The van der Waals surface area contributed by atoms with E-state index in [1.165, 1.54) is 22.4 Å². The average Bonchev–Trinajstić information content (AvgIpc) is 3.07. The van der Waals surface area contributed by atoms with E-state index in [0.29, 0.717) is 17.0 Å². The predicted molar refractivity (Wildman–Crippen MR) is 97.1 cm³/mol. The van der Waals surface area contributed by atoms with Gasteiger partial charge in [0.2, 0.25) is 0 Å². The summed E-state index contributed by atoms with van der Waals surface area (Å²) in [6.45, 7) is -0.0648. The van der Waals surface area contributed by atoms with Crippen LogP contribution in [0.1, 0.15) is 27.9 Å². The number of nitrogens with zero attached hydrogens (tertiary/aromatic N) is 1. The van der Waals surface area contributed by atoms with Crippen LogP contribution < -0.4 is 10.1 Å². The second-order valence-corrected chi connectivity index (χ2v) is 6.40. The maximum absolute atomic E-state index is 12.1. The molecule has 2 aromatic carbocycles. The van der Waals surface area contributed by atoms with Gasteiger partial charge in [-0.05, 0) is 60.7 Å². The molecule has 0 spiro atoms. The number of fused-ring (bicyclic) bond motifs is 1. The zero-order chi connectivity index (χ0) is 17.8. The number of benzene rings is 2. The molecule has 5 nitrogen and oxygen atoms in total. The number of aryl methyl sites for hydroxylation is 2. The number of amides is 2. The van der Waals surface area contributed by atoms with Gasteiger partial charge in [0.05, 0.1) is 0 Å². The molecule has 0 saturated heterocycles. The van der Waals surface area contributed by atoms with Crippen molar-refractivity contribution < 1.29 is 14.3 Å². The lowest BCUT2D eigenvalue weighted by atomic mass is 10.1. The average molecular weight is 338 g/mol. The van der Waals surface area contributed by atoms with E-state index in [0.717, 1.165) is 12.8 Å². The molecule has 0 aromatic heterocycles. The highest BCUT2D eigenvalue weighted by molar-refractivity contribution is 5.97. The van der Waals surface area contributed by atoms with Crippen LogP contribution in [0.4, 0.5) is 5.69 Å². The second kappa shape index (κ2) is 7.38. The Labute approximate surface area is 147 Å². The smallest absolute Gasteiger partial charge is 0.262 e. The Kier molecular flexibility index (Phi) is 5.03. The lowest BCUT2D eigenvalue weighted by Crippen LogP contribution is -2.23. The molecule has 0 aliphatic heterocycles. The normalized spacial score (nSPS) is 12.4. The number of nitrogens with one attached hydrogen (secondary N) is 1. The summed E-state index contributed by atoms with van der Waals surface area (Å²) >= 11 is 0. The van der Waals surface area contributed by atoms with Crippen molar-refractivity contribution in [3.05, 3.63) is 59.2 Å². The Balaban J connectivity index is 1.57. The third kappa shape index (κ3) is 4.18. The summed E-state index contributed by atoms with van der Waals surface area (Å²) in [6, 6.07) is 12.9. The molecule has 0 unspecified atom stereocenters. The van der Waals surface area contributed by atoms with Crippen LogP contribution in [0.3, 0.4) is 0 Å². The minimum atomic E-state index is -0.255. The largest absolute Gasteiger partial charge is 0.484 e. The number of hydrogen-bond donors (Lipinski definition) is 1. The monoisotopic (exact) mass is 338 g/mol. The van der Waals surface area contributed by atoms with Crippen LogP contribution in [0, 0.1) is 0 Å². The van der Waals surface area contributed by atoms with E-state index in [2.05, 4.69) is 11.4 Å². The van der Waals surface area contributed by atoms with Gasteiger partial charge in [-0.25, -0.2) is 0 Å². The third-order valence-electron chi connectivity index (χ3n) is 4.24. The number of carbonyl (C=O) groups is 2. The van der Waals surface area contributed by atoms with Crippen LogP contribution in [0.5, 0.6) is 5.75 Å². The van der Waals surface area contributed by atoms with E-state index in [1.54, 1.807) is 38.4 Å². The minimum Gasteiger partial charge on any atom is -0.484 e. The molecule has 3 rings (SSSR count). The van der Waals surface area contributed by atoms with E-state index in [4.69, 9.17) is 4.74 Å². The molecule has 25 heavy (non-hydrogen) atoms. The van der Waals surface area contributed by atoms with Gasteiger partial charge in [-0.2, -0.15) is 0 Å². The van der Waals surface area contributed by atoms with Crippen LogP contribution in [0.25, 0.3) is 0 Å². The summed E-state index contributed by atoms with van der Waals surface area (Å²) in [4.78, 5) is 25.6. The molecular weight excluding hydrogens is 316 g/mol. The van der Waals surface area contributed by atoms with Crippen molar-refractivity contribution in [1.82, 2.24) is 4.90 Å². The quantitative estimate of drug-likeness (QED) is 0.912. The van der Waals surface area contributed by atoms with Gasteiger partial charge < -0.3 is 15.0 Å². The Morgan fingerprint density at radius 3 is 2.68 bits per heavy atom. The van der Waals surface area contributed by atoms with Crippen LogP contribution in [0.2, 0.25) is 0 Å². The summed E-state index contributed by atoms with van der Waals surface area (Å²) in [6.07, 6.45) is 3.38. The van der Waals surface area contributed by atoms with Gasteiger partial charge >= 0.3 is 0 Å². The number of carbonyl (C=O) groups excluding carboxylic acids is 2. The van der Waals surface area contributed by atoms with Gasteiger partial charge in [0, 0.05) is 25.3 Å². The number of rotatable bonds is 5. The van der Waals surface area contributed by atoms with Gasteiger partial charge in [-0.1, -0.05) is 12.1 Å². The Hall–Kier alpha value is -2.82. The zero-order valence-electron chi connectivity index (χ0n) is 14.5. The van der Waals surface area contributed by atoms with Gasteiger partial charge in [-0.15, -0.1) is 0 Å². The summed E-state index contributed by atoms with van der Waals surface area (Å²) in [5.41, 5.74) is 3.80. The summed E-state index contributed by atoms with van der Waals surface area (Å²) in [5, 5.41) is 2.76. The fraction of sp³-hybridized carbons (Fsp3) is 0.300. The molecule has 2 aromatic rings. The molecule has 130 valence electrons. The SMILES string of the molecule is CN(C)C(=O)c1cccc(NC(=O)COc2ccc3c(c2)CCC3)c1. The fourth-order valence-corrected chi connectivity index (χ4v) is 2.97. The van der Waals surface area contributed by atoms with Crippen LogP contribution >= 0.6 is 0 Å². The topological polar surface area (TPSA) is 58.6 Å². The minimum absolute atomic E-state index is 0.0648. The summed E-state index contributed by atoms with van der Waals surface area (Å²) in [7, 11) is 3.39. The van der Waals surface area contributed by atoms with Crippen molar-refractivity contribution in [2.24, 2.45) is 0 Å². The summed E-state index contributed by atoms with van der Waals surface area (Å²) < 4.78 is 5.59. The highest BCUT2D eigenvalue weighted by Crippen LogP contribution is 2.26. The van der Waals surface area contributed by atoms with Gasteiger partial charge in [0.15, 0.2) is 6.61 Å². The number of hydrogen-bond acceptors (Lipinski definition) is 3. The Morgan fingerprint density at radius 2 is 1.88 bits per heavy atom. The molecule has 0 atom stereocenters. The second-order valence-electron chi connectivity index (χ2n) is 6.40. The van der Waals surface area contributed by atoms with Crippen molar-refractivity contribution in [2.45, 2.75) is 19.3 Å². The van der Waals surface area contributed by atoms with Crippen molar-refractivity contribution in [3.63, 3.8) is 0 Å². The molecule has 0 bridgehead atoms. The highest BCUT2D eigenvalue weighted by Gasteiger charge is 2.13. The van der Waals surface area contributed by atoms with Crippen LogP contribution in [-0.4, -0.2) is 37.4 Å². The zero-order valence-corrected chi connectivity index (χ0v) is 14.5. The van der Waals surface area contributed by atoms with Crippen LogP contribution in [-0.2, 0) is 17.6 Å². The first kappa shape index (κ1) is 17.0. The van der Waals surface area contributed by atoms with Crippen molar-refractivity contribution in [2.75, 3.05) is 26.0 Å². The molecule has 0 radical (unpaired) electrons. The predicted octanol–water partition coefficient (Wildman–Crippen LogP) is 2.89. The van der Waals surface area contributed by atoms with Crippen molar-refractivity contribution in [3.8, 4) is 5.75 Å². The van der Waals surface area contributed by atoms with Gasteiger partial charge in [-0.3, -0.25) is 9.59 Å². The summed E-state index contributed by atoms with van der Waals surface area (Å²) in [5.74, 6) is 0.354. The van der Waals surface area contributed by atoms with Crippen molar-refractivity contribution >= 4 is 17.5 Å². The fourth-order valence-electron chi connectivity index (χ4n) is 2.97. The maximum Gasteiger partial charge on any atom is 0.262 e. The van der Waals surface area contributed by atoms with E-state index < -0.39 is 0 Å². The molecule has 0 heterocycles. The molecule has 5 heteroatoms. The van der Waals surface area contributed by atoms with E-state index in [1.807, 2.05) is 12.1 Å². The third-order valence-corrected chi connectivity index (χ3v) is 4.24. The van der Waals surface area contributed by atoms with E-state index in [-0.39, 0.29) is 18.4 Å². The molecule has 2 amide bonds. The van der Waals surface area contributed by atoms with Crippen molar-refractivity contribution in [1.29, 1.82) is 0 Å². The first-order valence-electron chi connectivity index (χ1n) is 8.39. The highest BCUT2D eigenvalue weighted by atomic mass is 16.5. The standard InChI is InChI=1S/C20H22N2O3/c1-22(2)20(24)16-7-4-8-17(11-16)21-19(23)13-25-18-10-9-14-5-3-6-15(14)12-18/h4,7-12H,3,5-6,13H2,1-2H3,(H,21,23). The number of ether oxygens (including phenoxy) is 1. The molecule has 0 saturated carbocycles. The molecule has 1 N–H and O–H groups in total. The first-order chi connectivity index (χ1) is 12.0. The first-order valence-corrected chi connectivity index (χ1v) is 8.39. The molecule has 1 aliphatic rings. The van der Waals surface area contributed by atoms with E-state index >= 15 is 0 Å². The molecule has 0 fully saturated rings. The van der Waals surface area contributed by atoms with Gasteiger partial charge in [0.1, 0.15) is 5.75 Å². The Morgan fingerprint density at radius 1 is 1.08 bits per heavy atom. The lowest BCUT2D eigenvalue weighted by Gasteiger charge is -2.12. The molecular formula is C20H22N2O3. The lowest BCUT2D eigenvalue weighted by molar-refractivity contribution is -0.118. The van der Waals surface area contributed by atoms with E-state index in [9.17, 15) is 9.59 Å². The van der Waals surface area contributed by atoms with Gasteiger partial charge in [0.25, 0.3) is 11.8 Å². The number of anilines is 1. The maximum atomic E-state index is 12.1. The van der Waals surface area contributed by atoms with Crippen LogP contribution in [0.15, 0.2) is 42.5 Å².